The molecule has 26 heavy (non-hydrogen) atoms. The van der Waals surface area contributed by atoms with Crippen LogP contribution in [0.4, 0.5) is 16.0 Å². The second-order valence-corrected chi connectivity index (χ2v) is 6.50. The van der Waals surface area contributed by atoms with Crippen molar-refractivity contribution in [1.29, 1.82) is 0 Å². The second kappa shape index (κ2) is 7.47. The fourth-order valence-electron chi connectivity index (χ4n) is 2.81. The maximum Gasteiger partial charge on any atom is 0.132 e. The molecule has 0 radical (unpaired) electrons. The fraction of sp³-hybridized carbons (Fsp3) is 0.250. The van der Waals surface area contributed by atoms with E-state index in [9.17, 15) is 4.39 Å². The van der Waals surface area contributed by atoms with E-state index in [1.807, 2.05) is 30.3 Å². The number of benzene rings is 1. The lowest BCUT2D eigenvalue weighted by molar-refractivity contribution is 0.624. The molecule has 2 N–H and O–H groups in total. The van der Waals surface area contributed by atoms with Gasteiger partial charge in [-0.2, -0.15) is 0 Å². The Labute approximate surface area is 151 Å². The van der Waals surface area contributed by atoms with Crippen LogP contribution in [0.5, 0.6) is 0 Å². The zero-order valence-corrected chi connectivity index (χ0v) is 14.3. The lowest BCUT2D eigenvalue weighted by Gasteiger charge is -2.20. The van der Waals surface area contributed by atoms with Crippen molar-refractivity contribution in [2.45, 2.75) is 18.9 Å². The number of nitrogens with zero attached hydrogens (tertiary/aromatic N) is 3. The second-order valence-electron chi connectivity index (χ2n) is 6.50. The standard InChI is InChI=1S/C20H20FN5/c21-16-5-3-4-15(10-16)20(17-6-1-2-9-22-17)26-19-11-18(24-13-25-19)23-12-14-7-8-14/h1-6,9-11,13-14,20H,7-8,12H2,(H2,23,24,25,26). The Kier molecular flexibility index (Phi) is 4.73. The number of hydrogen-bond donors (Lipinski definition) is 2. The Hall–Kier alpha value is -3.02. The highest BCUT2D eigenvalue weighted by Crippen LogP contribution is 2.29. The van der Waals surface area contributed by atoms with Gasteiger partial charge in [0.25, 0.3) is 0 Å². The normalized spacial score (nSPS) is 14.7. The van der Waals surface area contributed by atoms with Gasteiger partial charge in [-0.25, -0.2) is 14.4 Å². The van der Waals surface area contributed by atoms with Crippen molar-refractivity contribution in [2.24, 2.45) is 5.92 Å². The number of rotatable bonds is 7. The largest absolute Gasteiger partial charge is 0.370 e. The maximum atomic E-state index is 13.7. The van der Waals surface area contributed by atoms with E-state index >= 15 is 0 Å². The minimum Gasteiger partial charge on any atom is -0.370 e. The molecule has 1 atom stereocenters. The van der Waals surface area contributed by atoms with Gasteiger partial charge in [-0.05, 0) is 48.6 Å². The molecule has 1 aliphatic rings. The summed E-state index contributed by atoms with van der Waals surface area (Å²) in [5.74, 6) is 1.93. The van der Waals surface area contributed by atoms with Gasteiger partial charge < -0.3 is 10.6 Å². The number of anilines is 2. The first-order chi connectivity index (χ1) is 12.8. The minimum atomic E-state index is -0.307. The molecule has 2 aromatic heterocycles. The zero-order chi connectivity index (χ0) is 17.8. The van der Waals surface area contributed by atoms with Crippen molar-refractivity contribution in [1.82, 2.24) is 15.0 Å². The van der Waals surface area contributed by atoms with Crippen LogP contribution in [-0.4, -0.2) is 21.5 Å². The molecule has 4 rings (SSSR count). The number of pyridine rings is 1. The zero-order valence-electron chi connectivity index (χ0n) is 14.3. The molecule has 0 bridgehead atoms. The quantitative estimate of drug-likeness (QED) is 0.674. The molecule has 2 heterocycles. The van der Waals surface area contributed by atoms with Crippen LogP contribution in [0.3, 0.4) is 0 Å². The van der Waals surface area contributed by atoms with Gasteiger partial charge in [-0.1, -0.05) is 18.2 Å². The average molecular weight is 349 g/mol. The van der Waals surface area contributed by atoms with Crippen LogP contribution >= 0.6 is 0 Å². The molecular formula is C20H20FN5. The Morgan fingerprint density at radius 2 is 1.88 bits per heavy atom. The van der Waals surface area contributed by atoms with Gasteiger partial charge in [-0.15, -0.1) is 0 Å². The first-order valence-electron chi connectivity index (χ1n) is 8.77. The van der Waals surface area contributed by atoms with Crippen molar-refractivity contribution in [3.63, 3.8) is 0 Å². The summed E-state index contributed by atoms with van der Waals surface area (Å²) in [4.78, 5) is 13.0. The molecular weight excluding hydrogens is 329 g/mol. The van der Waals surface area contributed by atoms with Gasteiger partial charge in [0.2, 0.25) is 0 Å². The summed E-state index contributed by atoms with van der Waals surface area (Å²) in [6.07, 6.45) is 5.82. The molecule has 1 fully saturated rings. The summed E-state index contributed by atoms with van der Waals surface area (Å²) in [6.45, 7) is 0.935. The molecule has 1 aliphatic carbocycles. The topological polar surface area (TPSA) is 62.7 Å². The van der Waals surface area contributed by atoms with Crippen LogP contribution in [-0.2, 0) is 0 Å². The highest BCUT2D eigenvalue weighted by Gasteiger charge is 2.21. The number of nitrogens with one attached hydrogen (secondary N) is 2. The van der Waals surface area contributed by atoms with Crippen LogP contribution < -0.4 is 10.6 Å². The van der Waals surface area contributed by atoms with Crippen LogP contribution in [0.25, 0.3) is 0 Å². The van der Waals surface area contributed by atoms with Gasteiger partial charge in [-0.3, -0.25) is 4.98 Å². The van der Waals surface area contributed by atoms with E-state index in [2.05, 4.69) is 25.6 Å². The first kappa shape index (κ1) is 16.4. The number of halogens is 1. The maximum absolute atomic E-state index is 13.7. The van der Waals surface area contributed by atoms with Crippen molar-refractivity contribution in [3.05, 3.63) is 78.1 Å². The fourth-order valence-corrected chi connectivity index (χ4v) is 2.81. The van der Waals surface area contributed by atoms with E-state index in [1.165, 1.54) is 31.3 Å². The lowest BCUT2D eigenvalue weighted by atomic mass is 10.0. The molecule has 5 nitrogen and oxygen atoms in total. The smallest absolute Gasteiger partial charge is 0.132 e. The van der Waals surface area contributed by atoms with Crippen LogP contribution in [0.2, 0.25) is 0 Å². The average Bonchev–Trinajstić information content (AvgIpc) is 3.50. The Balaban J connectivity index is 1.59. The van der Waals surface area contributed by atoms with Crippen molar-refractivity contribution < 1.29 is 4.39 Å². The Morgan fingerprint density at radius 3 is 2.65 bits per heavy atom. The summed E-state index contributed by atoms with van der Waals surface area (Å²) < 4.78 is 13.7. The first-order valence-corrected chi connectivity index (χ1v) is 8.77. The van der Waals surface area contributed by atoms with Crippen molar-refractivity contribution in [2.75, 3.05) is 17.2 Å². The number of aromatic nitrogens is 3. The molecule has 132 valence electrons. The molecule has 0 amide bonds. The highest BCUT2D eigenvalue weighted by atomic mass is 19.1. The Bertz CT molecular complexity index is 867. The summed E-state index contributed by atoms with van der Waals surface area (Å²) in [5.41, 5.74) is 1.58. The minimum absolute atomic E-state index is 0.278. The van der Waals surface area contributed by atoms with E-state index in [-0.39, 0.29) is 11.9 Å². The van der Waals surface area contributed by atoms with Gasteiger partial charge in [0.15, 0.2) is 0 Å². The highest BCUT2D eigenvalue weighted by molar-refractivity contribution is 5.49. The molecule has 3 aromatic rings. The summed E-state index contributed by atoms with van der Waals surface area (Å²) in [6, 6.07) is 13.8. The summed E-state index contributed by atoms with van der Waals surface area (Å²) in [5, 5.41) is 6.70. The van der Waals surface area contributed by atoms with Gasteiger partial charge >= 0.3 is 0 Å². The Morgan fingerprint density at radius 1 is 1.00 bits per heavy atom. The van der Waals surface area contributed by atoms with E-state index in [0.29, 0.717) is 5.82 Å². The summed E-state index contributed by atoms with van der Waals surface area (Å²) >= 11 is 0. The van der Waals surface area contributed by atoms with Crippen molar-refractivity contribution >= 4 is 11.6 Å². The van der Waals surface area contributed by atoms with E-state index in [1.54, 1.807) is 12.3 Å². The molecule has 1 unspecified atom stereocenters. The predicted molar refractivity (Wildman–Crippen MR) is 99.3 cm³/mol. The van der Waals surface area contributed by atoms with E-state index < -0.39 is 0 Å². The lowest BCUT2D eigenvalue weighted by Crippen LogP contribution is -2.15. The predicted octanol–water partition coefficient (Wildman–Crippen LogP) is 4.03. The molecule has 0 spiro atoms. The van der Waals surface area contributed by atoms with E-state index in [0.717, 1.165) is 29.5 Å². The van der Waals surface area contributed by atoms with E-state index in [4.69, 9.17) is 0 Å². The van der Waals surface area contributed by atoms with Gasteiger partial charge in [0.1, 0.15) is 23.8 Å². The molecule has 0 saturated heterocycles. The summed E-state index contributed by atoms with van der Waals surface area (Å²) in [7, 11) is 0. The SMILES string of the molecule is Fc1cccc(C(Nc2cc(NCC3CC3)ncn2)c2ccccn2)c1. The third kappa shape index (κ3) is 4.14. The van der Waals surface area contributed by atoms with Crippen LogP contribution in [0.15, 0.2) is 61.1 Å². The third-order valence-electron chi connectivity index (χ3n) is 4.39. The van der Waals surface area contributed by atoms with Crippen LogP contribution in [0.1, 0.15) is 30.1 Å². The monoisotopic (exact) mass is 349 g/mol. The molecule has 1 saturated carbocycles. The third-order valence-corrected chi connectivity index (χ3v) is 4.39. The van der Waals surface area contributed by atoms with Crippen molar-refractivity contribution in [3.8, 4) is 0 Å². The van der Waals surface area contributed by atoms with Gasteiger partial charge in [0, 0.05) is 18.8 Å². The molecule has 1 aromatic carbocycles. The van der Waals surface area contributed by atoms with Crippen LogP contribution in [0, 0.1) is 11.7 Å². The molecule has 0 aliphatic heterocycles. The molecule has 6 heteroatoms. The van der Waals surface area contributed by atoms with Gasteiger partial charge in [0.05, 0.1) is 11.7 Å². The number of hydrogen-bond acceptors (Lipinski definition) is 5.